The molecule has 0 saturated heterocycles. The molecule has 0 aliphatic heterocycles. The Kier molecular flexibility index (Phi) is 6.76. The highest BCUT2D eigenvalue weighted by atomic mass is 16.5. The molecular weight excluding hydrogens is 226 g/mol. The number of hydrogen-bond acceptors (Lipinski definition) is 3. The molecule has 0 heterocycles. The van der Waals surface area contributed by atoms with Crippen molar-refractivity contribution < 1.29 is 9.47 Å². The van der Waals surface area contributed by atoms with Crippen molar-refractivity contribution in [1.82, 2.24) is 4.90 Å². The summed E-state index contributed by atoms with van der Waals surface area (Å²) in [5, 5.41) is 0. The lowest BCUT2D eigenvalue weighted by Crippen LogP contribution is -2.27. The maximum atomic E-state index is 5.76. The highest BCUT2D eigenvalue weighted by Gasteiger charge is 2.00. The van der Waals surface area contributed by atoms with Gasteiger partial charge in [0.15, 0.2) is 0 Å². The van der Waals surface area contributed by atoms with E-state index in [0.29, 0.717) is 6.61 Å². The fourth-order valence-electron chi connectivity index (χ4n) is 1.81. The lowest BCUT2D eigenvalue weighted by molar-refractivity contribution is 0.116. The van der Waals surface area contributed by atoms with Crippen LogP contribution in [0.3, 0.4) is 0 Å². The van der Waals surface area contributed by atoms with Crippen molar-refractivity contribution in [1.29, 1.82) is 0 Å². The monoisotopic (exact) mass is 251 g/mol. The molecule has 0 unspecified atom stereocenters. The number of rotatable bonds is 8. The van der Waals surface area contributed by atoms with Crippen molar-refractivity contribution in [2.24, 2.45) is 0 Å². The zero-order chi connectivity index (χ0) is 13.4. The molecule has 0 radical (unpaired) electrons. The third-order valence-electron chi connectivity index (χ3n) is 2.76. The Morgan fingerprint density at radius 1 is 1.00 bits per heavy atom. The van der Waals surface area contributed by atoms with Gasteiger partial charge in [0.25, 0.3) is 0 Å². The fourth-order valence-corrected chi connectivity index (χ4v) is 1.81. The predicted octanol–water partition coefficient (Wildman–Crippen LogP) is 2.65. The van der Waals surface area contributed by atoms with E-state index in [0.717, 1.165) is 32.1 Å². The van der Waals surface area contributed by atoms with Gasteiger partial charge in [-0.2, -0.15) is 0 Å². The minimum absolute atomic E-state index is 0.714. The quantitative estimate of drug-likeness (QED) is 0.663. The fraction of sp³-hybridized carbons (Fsp3) is 0.600. The third kappa shape index (κ3) is 6.03. The number of benzene rings is 1. The van der Waals surface area contributed by atoms with Crippen LogP contribution in [0.5, 0.6) is 5.75 Å². The molecule has 0 N–H and O–H groups in total. The van der Waals surface area contributed by atoms with E-state index in [1.807, 2.05) is 6.92 Å². The standard InChI is InChI=1S/C15H25NO2/c1-5-17-8-6-16(4)7-9-18-15-11-13(2)10-14(3)12-15/h10-12H,5-9H2,1-4H3. The SMILES string of the molecule is CCOCCN(C)CCOc1cc(C)cc(C)c1. The van der Waals surface area contributed by atoms with E-state index in [-0.39, 0.29) is 0 Å². The molecule has 102 valence electrons. The second kappa shape index (κ2) is 8.11. The van der Waals surface area contributed by atoms with Crippen LogP contribution in [0.2, 0.25) is 0 Å². The minimum atomic E-state index is 0.714. The number of hydrogen-bond donors (Lipinski definition) is 0. The van der Waals surface area contributed by atoms with Gasteiger partial charge in [0.05, 0.1) is 6.61 Å². The maximum Gasteiger partial charge on any atom is 0.119 e. The molecular formula is C15H25NO2. The maximum absolute atomic E-state index is 5.76. The summed E-state index contributed by atoms with van der Waals surface area (Å²) in [6, 6.07) is 6.31. The van der Waals surface area contributed by atoms with Crippen molar-refractivity contribution in [3.8, 4) is 5.75 Å². The van der Waals surface area contributed by atoms with Crippen LogP contribution in [0.4, 0.5) is 0 Å². The first-order valence-electron chi connectivity index (χ1n) is 6.59. The van der Waals surface area contributed by atoms with Crippen LogP contribution in [0.1, 0.15) is 18.1 Å². The van der Waals surface area contributed by atoms with E-state index in [9.17, 15) is 0 Å². The van der Waals surface area contributed by atoms with Crippen LogP contribution in [0.25, 0.3) is 0 Å². The molecule has 0 aromatic heterocycles. The molecule has 3 heteroatoms. The Balaban J connectivity index is 2.24. The van der Waals surface area contributed by atoms with Crippen molar-refractivity contribution in [3.05, 3.63) is 29.3 Å². The predicted molar refractivity (Wildman–Crippen MR) is 75.4 cm³/mol. The molecule has 18 heavy (non-hydrogen) atoms. The van der Waals surface area contributed by atoms with Gasteiger partial charge in [-0.3, -0.25) is 0 Å². The molecule has 1 aromatic rings. The van der Waals surface area contributed by atoms with Gasteiger partial charge in [-0.25, -0.2) is 0 Å². The molecule has 3 nitrogen and oxygen atoms in total. The Morgan fingerprint density at radius 3 is 2.22 bits per heavy atom. The van der Waals surface area contributed by atoms with Gasteiger partial charge >= 0.3 is 0 Å². The molecule has 0 saturated carbocycles. The average Bonchev–Trinajstić information content (AvgIpc) is 2.28. The lowest BCUT2D eigenvalue weighted by atomic mass is 10.1. The van der Waals surface area contributed by atoms with Gasteiger partial charge in [0.2, 0.25) is 0 Å². The first-order valence-corrected chi connectivity index (χ1v) is 6.59. The molecule has 1 aromatic carbocycles. The van der Waals surface area contributed by atoms with E-state index in [1.165, 1.54) is 11.1 Å². The van der Waals surface area contributed by atoms with Crippen LogP contribution in [0, 0.1) is 13.8 Å². The van der Waals surface area contributed by atoms with E-state index in [1.54, 1.807) is 0 Å². The van der Waals surface area contributed by atoms with E-state index >= 15 is 0 Å². The number of nitrogens with zero attached hydrogens (tertiary/aromatic N) is 1. The van der Waals surface area contributed by atoms with E-state index < -0.39 is 0 Å². The van der Waals surface area contributed by atoms with Gasteiger partial charge in [0.1, 0.15) is 12.4 Å². The first kappa shape index (κ1) is 15.0. The summed E-state index contributed by atoms with van der Waals surface area (Å²) in [6.07, 6.45) is 0. The van der Waals surface area contributed by atoms with Gasteiger partial charge in [0, 0.05) is 19.7 Å². The summed E-state index contributed by atoms with van der Waals surface area (Å²) in [5.41, 5.74) is 2.49. The largest absolute Gasteiger partial charge is 0.492 e. The van der Waals surface area contributed by atoms with Crippen LogP contribution >= 0.6 is 0 Å². The summed E-state index contributed by atoms with van der Waals surface area (Å²) in [5.74, 6) is 0.964. The molecule has 0 aliphatic rings. The average molecular weight is 251 g/mol. The number of likely N-dealkylation sites (N-methyl/N-ethyl adjacent to an activating group) is 1. The Hall–Kier alpha value is -1.06. The second-order valence-corrected chi connectivity index (χ2v) is 4.67. The Bertz CT molecular complexity index is 332. The Labute approximate surface area is 111 Å². The molecule has 0 aliphatic carbocycles. The molecule has 1 rings (SSSR count). The van der Waals surface area contributed by atoms with Crippen LogP contribution < -0.4 is 4.74 Å². The molecule has 0 atom stereocenters. The summed E-state index contributed by atoms with van der Waals surface area (Å²) in [4.78, 5) is 2.22. The van der Waals surface area contributed by atoms with E-state index in [4.69, 9.17) is 9.47 Å². The van der Waals surface area contributed by atoms with Gasteiger partial charge in [-0.05, 0) is 51.1 Å². The van der Waals surface area contributed by atoms with Gasteiger partial charge in [-0.1, -0.05) is 6.07 Å². The second-order valence-electron chi connectivity index (χ2n) is 4.67. The highest BCUT2D eigenvalue weighted by molar-refractivity contribution is 5.32. The number of ether oxygens (including phenoxy) is 2. The van der Waals surface area contributed by atoms with Crippen molar-refractivity contribution >= 4 is 0 Å². The summed E-state index contributed by atoms with van der Waals surface area (Å²) >= 11 is 0. The first-order chi connectivity index (χ1) is 8.61. The molecule has 0 bridgehead atoms. The Morgan fingerprint density at radius 2 is 1.61 bits per heavy atom. The molecule has 0 fully saturated rings. The van der Waals surface area contributed by atoms with E-state index in [2.05, 4.69) is 44.0 Å². The van der Waals surface area contributed by atoms with Crippen LogP contribution in [-0.2, 0) is 4.74 Å². The lowest BCUT2D eigenvalue weighted by Gasteiger charge is -2.17. The zero-order valence-electron chi connectivity index (χ0n) is 12.0. The van der Waals surface area contributed by atoms with Gasteiger partial charge < -0.3 is 14.4 Å². The molecule has 0 spiro atoms. The number of aryl methyl sites for hydroxylation is 2. The molecule has 0 amide bonds. The van der Waals surface area contributed by atoms with Crippen LogP contribution in [0.15, 0.2) is 18.2 Å². The zero-order valence-corrected chi connectivity index (χ0v) is 12.0. The smallest absolute Gasteiger partial charge is 0.119 e. The van der Waals surface area contributed by atoms with Crippen LogP contribution in [-0.4, -0.2) is 44.9 Å². The van der Waals surface area contributed by atoms with Gasteiger partial charge in [-0.15, -0.1) is 0 Å². The summed E-state index contributed by atoms with van der Waals surface area (Å²) in [6.45, 7) is 10.4. The topological polar surface area (TPSA) is 21.7 Å². The van der Waals surface area contributed by atoms with Crippen molar-refractivity contribution in [3.63, 3.8) is 0 Å². The third-order valence-corrected chi connectivity index (χ3v) is 2.76. The summed E-state index contributed by atoms with van der Waals surface area (Å²) < 4.78 is 11.1. The van der Waals surface area contributed by atoms with Crippen molar-refractivity contribution in [2.45, 2.75) is 20.8 Å². The summed E-state index contributed by atoms with van der Waals surface area (Å²) in [7, 11) is 2.09. The highest BCUT2D eigenvalue weighted by Crippen LogP contribution is 2.15. The normalized spacial score (nSPS) is 10.9. The van der Waals surface area contributed by atoms with Crippen molar-refractivity contribution in [2.75, 3.05) is 40.0 Å². The minimum Gasteiger partial charge on any atom is -0.492 e.